The molecule has 11 nitrogen and oxygen atoms in total. The van der Waals surface area contributed by atoms with Gasteiger partial charge in [0.2, 0.25) is 17.1 Å². The van der Waals surface area contributed by atoms with Crippen LogP contribution in [0.5, 0.6) is 5.75 Å². The van der Waals surface area contributed by atoms with Gasteiger partial charge in [0.25, 0.3) is 11.8 Å². The lowest BCUT2D eigenvalue weighted by Crippen LogP contribution is -2.52. The number of esters is 1. The summed E-state index contributed by atoms with van der Waals surface area (Å²) in [5, 5.41) is 6.64. The van der Waals surface area contributed by atoms with E-state index in [4.69, 9.17) is 14.3 Å². The average molecular weight is 787 g/mol. The minimum Gasteiger partial charge on any atom is -0.482 e. The highest BCUT2D eigenvalue weighted by atomic mass is 19.1. The number of carbonyl (C=O) groups is 3. The van der Waals surface area contributed by atoms with Crippen molar-refractivity contribution in [3.05, 3.63) is 124 Å². The van der Waals surface area contributed by atoms with Crippen LogP contribution in [-0.2, 0) is 20.9 Å². The average Bonchev–Trinajstić information content (AvgIpc) is 3.58. The first kappa shape index (κ1) is 42.6. The van der Waals surface area contributed by atoms with Crippen LogP contribution < -0.4 is 15.5 Å². The van der Waals surface area contributed by atoms with Crippen LogP contribution in [0.15, 0.2) is 95.1 Å². The number of benzene rings is 1. The number of amides is 2. The zero-order chi connectivity index (χ0) is 40.8. The van der Waals surface area contributed by atoms with Crippen LogP contribution in [0.3, 0.4) is 0 Å². The highest BCUT2D eigenvalue weighted by Gasteiger charge is 2.55. The van der Waals surface area contributed by atoms with Gasteiger partial charge in [-0.1, -0.05) is 78.9 Å². The van der Waals surface area contributed by atoms with Crippen molar-refractivity contribution < 1.29 is 37.5 Å². The molecule has 3 aliphatic rings. The van der Waals surface area contributed by atoms with Gasteiger partial charge in [-0.25, -0.2) is 8.78 Å². The first-order valence-electron chi connectivity index (χ1n) is 19.7. The van der Waals surface area contributed by atoms with E-state index < -0.39 is 57.8 Å². The summed E-state index contributed by atoms with van der Waals surface area (Å²) in [7, 11) is 1.48. The van der Waals surface area contributed by atoms with Gasteiger partial charge in [0.05, 0.1) is 19.6 Å². The summed E-state index contributed by atoms with van der Waals surface area (Å²) in [6.07, 6.45) is 29.1. The van der Waals surface area contributed by atoms with E-state index in [2.05, 4.69) is 66.0 Å². The number of hydrogen-bond donors (Lipinski definition) is 1. The number of methoxy groups -OCH3 is 1. The quantitative estimate of drug-likeness (QED) is 0.0973. The van der Waals surface area contributed by atoms with E-state index >= 15 is 0 Å². The maximum Gasteiger partial charge on any atom is 0.311 e. The molecule has 2 amide bonds. The molecule has 2 bridgehead atoms. The fraction of sp³-hybridized carbons (Fsp3) is 0.432. The normalized spacial score (nSPS) is 20.5. The van der Waals surface area contributed by atoms with Gasteiger partial charge in [-0.05, 0) is 70.8 Å². The second kappa shape index (κ2) is 20.5. The Hall–Kier alpha value is -5.59. The van der Waals surface area contributed by atoms with Gasteiger partial charge < -0.3 is 29.1 Å². The maximum atomic E-state index is 14.4. The summed E-state index contributed by atoms with van der Waals surface area (Å²) in [6, 6.07) is 2.03. The summed E-state index contributed by atoms with van der Waals surface area (Å²) in [5.74, 6) is -4.03. The van der Waals surface area contributed by atoms with Crippen molar-refractivity contribution in [3.63, 3.8) is 0 Å². The molecule has 13 heteroatoms. The van der Waals surface area contributed by atoms with Crippen LogP contribution in [-0.4, -0.2) is 58.4 Å². The fourth-order valence-electron chi connectivity index (χ4n) is 7.11. The third-order valence-electron chi connectivity index (χ3n) is 10.3. The molecule has 4 heterocycles. The van der Waals surface area contributed by atoms with Crippen molar-refractivity contribution in [2.45, 2.75) is 109 Å². The number of allylic oxidation sites excluding steroid dienone is 10. The Morgan fingerprint density at radius 3 is 2.30 bits per heavy atom. The van der Waals surface area contributed by atoms with Crippen LogP contribution >= 0.6 is 0 Å². The highest BCUT2D eigenvalue weighted by Crippen LogP contribution is 2.46. The number of nitrogens with zero attached hydrogens (tertiary/aromatic N) is 3. The van der Waals surface area contributed by atoms with E-state index in [9.17, 15) is 28.0 Å². The lowest BCUT2D eigenvalue weighted by atomic mass is 9.85. The topological polar surface area (TPSA) is 129 Å². The van der Waals surface area contributed by atoms with Gasteiger partial charge in [-0.3, -0.25) is 19.2 Å². The monoisotopic (exact) mass is 786 g/mol. The van der Waals surface area contributed by atoms with Gasteiger partial charge in [-0.2, -0.15) is 0 Å². The van der Waals surface area contributed by atoms with Crippen molar-refractivity contribution in [1.82, 2.24) is 14.8 Å². The first-order valence-corrected chi connectivity index (χ1v) is 19.7. The molecule has 0 aliphatic carbocycles. The number of rotatable bonds is 17. The first-order chi connectivity index (χ1) is 27.6. The molecule has 1 unspecified atom stereocenters. The Balaban J connectivity index is 1.28. The van der Waals surface area contributed by atoms with Crippen molar-refractivity contribution in [3.8, 4) is 5.75 Å². The minimum absolute atomic E-state index is 0.00639. The van der Waals surface area contributed by atoms with Crippen molar-refractivity contribution >= 4 is 23.7 Å². The van der Waals surface area contributed by atoms with Crippen molar-refractivity contribution in [1.29, 1.82) is 0 Å². The molecule has 57 heavy (non-hydrogen) atoms. The lowest BCUT2D eigenvalue weighted by molar-refractivity contribution is -0.134. The summed E-state index contributed by atoms with van der Waals surface area (Å²) in [6.45, 7) is 3.83. The van der Waals surface area contributed by atoms with E-state index in [0.717, 1.165) is 38.2 Å². The number of pyridine rings is 1. The van der Waals surface area contributed by atoms with Gasteiger partial charge in [0.15, 0.2) is 11.3 Å². The molecule has 3 aliphatic heterocycles. The molecule has 2 aromatic rings. The third-order valence-corrected chi connectivity index (χ3v) is 10.3. The molecular weight excluding hydrogens is 735 g/mol. The SMILES string of the molecule is CC/C=C\C/C=C\C/C=C\C/C=C\C/C=C\CCCC(=O)Oc1c2n(cc(C(=O)NCc3ccc(F)cc3F)c1=O)C1CN(C2=O)[C@@H](C)CC[C@]12CC(OC)=NO2. The zero-order valence-electron chi connectivity index (χ0n) is 32.9. The lowest BCUT2D eigenvalue weighted by Gasteiger charge is -2.41. The van der Waals surface area contributed by atoms with Gasteiger partial charge in [-0.15, -0.1) is 0 Å². The number of fused-ring (bicyclic) bond motifs is 5. The molecule has 1 aromatic carbocycles. The second-order valence-electron chi connectivity index (χ2n) is 14.3. The minimum atomic E-state index is -0.994. The molecule has 5 rings (SSSR count). The number of unbranched alkanes of at least 4 members (excludes halogenated alkanes) is 1. The standard InChI is InChI=1S/C44H52F2N4O7/c1-4-5-6-7-8-9-10-11-12-13-14-15-16-17-18-19-20-21-38(51)56-41-39-43(54)49-30-36(44(25-24-31(49)2)27-37(55-3)48-57-44)50(39)29-34(40(41)52)42(53)47-28-32-22-23-33(45)26-35(32)46/h5-6,8-9,11-12,14-15,17-18,22-23,26,29,31,36H,4,7,10,13,16,19-21,24-25,27-28,30H2,1-3H3,(H,47,53)/b6-5-,9-8-,12-11-,15-14-,18-17-/t31-,36?,44-/m0/s1. The maximum absolute atomic E-state index is 14.4. The second-order valence-corrected chi connectivity index (χ2v) is 14.3. The Labute approximate surface area is 332 Å². The summed E-state index contributed by atoms with van der Waals surface area (Å²) in [4.78, 5) is 62.8. The summed E-state index contributed by atoms with van der Waals surface area (Å²) < 4.78 is 40.5. The molecule has 1 spiro atoms. The number of nitrogens with one attached hydrogen (secondary N) is 1. The van der Waals surface area contributed by atoms with Crippen LogP contribution in [0.1, 0.15) is 117 Å². The Kier molecular flexibility index (Phi) is 15.3. The van der Waals surface area contributed by atoms with Crippen LogP contribution in [0.4, 0.5) is 8.78 Å². The van der Waals surface area contributed by atoms with E-state index in [0.29, 0.717) is 37.6 Å². The van der Waals surface area contributed by atoms with Gasteiger partial charge >= 0.3 is 5.97 Å². The van der Waals surface area contributed by atoms with E-state index in [-0.39, 0.29) is 43.2 Å². The molecule has 0 saturated carbocycles. The van der Waals surface area contributed by atoms with E-state index in [1.807, 2.05) is 19.1 Å². The zero-order valence-corrected chi connectivity index (χ0v) is 32.9. The molecular formula is C44H52F2N4O7. The fourth-order valence-corrected chi connectivity index (χ4v) is 7.11. The number of carbonyl (C=O) groups excluding carboxylic acids is 3. The predicted molar refractivity (Wildman–Crippen MR) is 214 cm³/mol. The molecule has 3 atom stereocenters. The Morgan fingerprint density at radius 2 is 1.67 bits per heavy atom. The number of aromatic nitrogens is 1. The molecule has 0 radical (unpaired) electrons. The summed E-state index contributed by atoms with van der Waals surface area (Å²) in [5.41, 5.74) is -2.57. The van der Waals surface area contributed by atoms with Gasteiger partial charge in [0, 0.05) is 43.4 Å². The van der Waals surface area contributed by atoms with E-state index in [1.165, 1.54) is 23.9 Å². The smallest absolute Gasteiger partial charge is 0.311 e. The number of oxime groups is 1. The van der Waals surface area contributed by atoms with Crippen molar-refractivity contribution in [2.24, 2.45) is 5.16 Å². The third kappa shape index (κ3) is 10.8. The van der Waals surface area contributed by atoms with Gasteiger partial charge in [0.1, 0.15) is 17.2 Å². The number of halogens is 2. The van der Waals surface area contributed by atoms with Crippen LogP contribution in [0.25, 0.3) is 0 Å². The Bertz CT molecular complexity index is 2020. The Morgan fingerprint density at radius 1 is 1.00 bits per heavy atom. The van der Waals surface area contributed by atoms with Crippen molar-refractivity contribution in [2.75, 3.05) is 13.7 Å². The molecule has 1 N–H and O–H groups in total. The van der Waals surface area contributed by atoms with Crippen LogP contribution in [0, 0.1) is 11.6 Å². The largest absolute Gasteiger partial charge is 0.482 e. The molecule has 1 fully saturated rings. The summed E-state index contributed by atoms with van der Waals surface area (Å²) >= 11 is 0. The van der Waals surface area contributed by atoms with Crippen LogP contribution in [0.2, 0.25) is 0 Å². The number of ether oxygens (including phenoxy) is 2. The molecule has 304 valence electrons. The molecule has 1 saturated heterocycles. The highest BCUT2D eigenvalue weighted by molar-refractivity contribution is 6.00. The van der Waals surface area contributed by atoms with E-state index in [1.54, 1.807) is 4.90 Å². The number of hydrogen-bond acceptors (Lipinski definition) is 8. The molecule has 1 aromatic heterocycles. The predicted octanol–water partition coefficient (Wildman–Crippen LogP) is 8.18.